The minimum absolute atomic E-state index is 0.280. The number of rotatable bonds is 4. The Balaban J connectivity index is 2.15. The number of pyridine rings is 1. The van der Waals surface area contributed by atoms with Crippen LogP contribution in [0, 0.1) is 11.3 Å². The van der Waals surface area contributed by atoms with E-state index in [0.717, 1.165) is 22.2 Å². The van der Waals surface area contributed by atoms with E-state index in [0.29, 0.717) is 11.3 Å². The molecule has 0 saturated heterocycles. The summed E-state index contributed by atoms with van der Waals surface area (Å²) in [7, 11) is 0. The van der Waals surface area contributed by atoms with Crippen molar-refractivity contribution >= 4 is 22.7 Å². The summed E-state index contributed by atoms with van der Waals surface area (Å²) in [6.45, 7) is 4.19. The van der Waals surface area contributed by atoms with Gasteiger partial charge in [0, 0.05) is 17.1 Å². The zero-order chi connectivity index (χ0) is 16.9. The molecule has 0 aliphatic heterocycles. The molecule has 0 bridgehead atoms. The molecule has 1 heterocycles. The number of para-hydroxylation sites is 1. The zero-order valence-corrected chi connectivity index (χ0v) is 13.8. The molecule has 0 radical (unpaired) electrons. The van der Waals surface area contributed by atoms with Gasteiger partial charge < -0.3 is 5.32 Å². The second kappa shape index (κ2) is 6.97. The fraction of sp³-hybridized carbons (Fsp3) is 0.143. The first-order valence-corrected chi connectivity index (χ1v) is 8.01. The van der Waals surface area contributed by atoms with E-state index < -0.39 is 0 Å². The highest BCUT2D eigenvalue weighted by Crippen LogP contribution is 2.21. The Morgan fingerprint density at radius 3 is 2.50 bits per heavy atom. The van der Waals surface area contributed by atoms with Crippen LogP contribution in [-0.4, -0.2) is 11.0 Å². The lowest BCUT2D eigenvalue weighted by Gasteiger charge is -2.15. The van der Waals surface area contributed by atoms with Gasteiger partial charge in [0.05, 0.1) is 16.8 Å². The van der Waals surface area contributed by atoms with Gasteiger partial charge in [-0.3, -0.25) is 0 Å². The standard InChI is InChI=1S/C21H19N3/c1-15(2)23-20(16-8-4-3-5-9-16)13-21-18(14-22)12-17-10-6-7-11-19(17)24-21/h3-13,15,23H,1-2H3/b20-13-. The van der Waals surface area contributed by atoms with Gasteiger partial charge in [0.25, 0.3) is 0 Å². The molecule has 118 valence electrons. The average Bonchev–Trinajstić information content (AvgIpc) is 2.61. The molecule has 0 spiro atoms. The van der Waals surface area contributed by atoms with E-state index in [2.05, 4.69) is 30.2 Å². The van der Waals surface area contributed by atoms with Crippen molar-refractivity contribution in [1.82, 2.24) is 10.3 Å². The van der Waals surface area contributed by atoms with Crippen molar-refractivity contribution in [1.29, 1.82) is 5.26 Å². The van der Waals surface area contributed by atoms with Gasteiger partial charge in [0.1, 0.15) is 6.07 Å². The molecule has 3 nitrogen and oxygen atoms in total. The van der Waals surface area contributed by atoms with Gasteiger partial charge in [0.15, 0.2) is 0 Å². The van der Waals surface area contributed by atoms with Crippen LogP contribution in [0.2, 0.25) is 0 Å². The Labute approximate surface area is 142 Å². The first-order valence-electron chi connectivity index (χ1n) is 8.01. The lowest BCUT2D eigenvalue weighted by Crippen LogP contribution is -2.21. The van der Waals surface area contributed by atoms with Crippen LogP contribution in [0.3, 0.4) is 0 Å². The molecule has 0 fully saturated rings. The molecule has 1 aromatic heterocycles. The summed E-state index contributed by atoms with van der Waals surface area (Å²) in [5.74, 6) is 0. The predicted molar refractivity (Wildman–Crippen MR) is 99.0 cm³/mol. The molecule has 3 aromatic rings. The lowest BCUT2D eigenvalue weighted by atomic mass is 10.1. The van der Waals surface area contributed by atoms with E-state index >= 15 is 0 Å². The smallest absolute Gasteiger partial charge is 0.101 e. The van der Waals surface area contributed by atoms with Crippen LogP contribution in [0.15, 0.2) is 60.7 Å². The van der Waals surface area contributed by atoms with Crippen LogP contribution in [0.4, 0.5) is 0 Å². The van der Waals surface area contributed by atoms with Crippen molar-refractivity contribution in [2.45, 2.75) is 19.9 Å². The van der Waals surface area contributed by atoms with E-state index in [-0.39, 0.29) is 6.04 Å². The molecule has 0 amide bonds. The van der Waals surface area contributed by atoms with Crippen LogP contribution in [-0.2, 0) is 0 Å². The van der Waals surface area contributed by atoms with Gasteiger partial charge in [0.2, 0.25) is 0 Å². The maximum absolute atomic E-state index is 9.50. The van der Waals surface area contributed by atoms with Gasteiger partial charge in [-0.1, -0.05) is 48.5 Å². The summed E-state index contributed by atoms with van der Waals surface area (Å²) < 4.78 is 0. The summed E-state index contributed by atoms with van der Waals surface area (Å²) >= 11 is 0. The summed E-state index contributed by atoms with van der Waals surface area (Å²) in [5, 5.41) is 13.9. The molecular formula is C21H19N3. The third kappa shape index (κ3) is 3.44. The molecule has 1 N–H and O–H groups in total. The Morgan fingerprint density at radius 1 is 1.08 bits per heavy atom. The Morgan fingerprint density at radius 2 is 1.79 bits per heavy atom. The highest BCUT2D eigenvalue weighted by atomic mass is 14.9. The van der Waals surface area contributed by atoms with Gasteiger partial charge in [-0.05, 0) is 37.6 Å². The van der Waals surface area contributed by atoms with Crippen molar-refractivity contribution in [2.24, 2.45) is 0 Å². The van der Waals surface area contributed by atoms with E-state index in [4.69, 9.17) is 0 Å². The summed E-state index contributed by atoms with van der Waals surface area (Å²) in [6.07, 6.45) is 1.96. The number of fused-ring (bicyclic) bond motifs is 1. The fourth-order valence-electron chi connectivity index (χ4n) is 2.60. The Hall–Kier alpha value is -3.12. The van der Waals surface area contributed by atoms with Crippen LogP contribution in [0.5, 0.6) is 0 Å². The summed E-state index contributed by atoms with van der Waals surface area (Å²) in [5.41, 5.74) is 4.19. The maximum Gasteiger partial charge on any atom is 0.101 e. The highest BCUT2D eigenvalue weighted by Gasteiger charge is 2.08. The van der Waals surface area contributed by atoms with Crippen molar-refractivity contribution in [3.8, 4) is 6.07 Å². The number of hydrogen-bond acceptors (Lipinski definition) is 3. The van der Waals surface area contributed by atoms with Crippen LogP contribution < -0.4 is 5.32 Å². The highest BCUT2D eigenvalue weighted by molar-refractivity contribution is 5.86. The van der Waals surface area contributed by atoms with E-state index in [1.807, 2.05) is 66.7 Å². The van der Waals surface area contributed by atoms with E-state index in [9.17, 15) is 5.26 Å². The molecule has 2 aromatic carbocycles. The molecule has 3 heteroatoms. The van der Waals surface area contributed by atoms with Gasteiger partial charge >= 0.3 is 0 Å². The largest absolute Gasteiger partial charge is 0.382 e. The fourth-order valence-corrected chi connectivity index (χ4v) is 2.60. The molecule has 0 atom stereocenters. The van der Waals surface area contributed by atoms with Gasteiger partial charge in [-0.15, -0.1) is 0 Å². The van der Waals surface area contributed by atoms with Crippen molar-refractivity contribution in [3.63, 3.8) is 0 Å². The Bertz CT molecular complexity index is 919. The number of aromatic nitrogens is 1. The topological polar surface area (TPSA) is 48.7 Å². The molecule has 0 unspecified atom stereocenters. The monoisotopic (exact) mass is 313 g/mol. The van der Waals surface area contributed by atoms with Crippen LogP contribution >= 0.6 is 0 Å². The molecule has 24 heavy (non-hydrogen) atoms. The second-order valence-electron chi connectivity index (χ2n) is 5.95. The first kappa shape index (κ1) is 15.8. The zero-order valence-electron chi connectivity index (χ0n) is 13.8. The summed E-state index contributed by atoms with van der Waals surface area (Å²) in [6, 6.07) is 22.4. The number of nitriles is 1. The third-order valence-electron chi connectivity index (χ3n) is 3.68. The first-order chi connectivity index (χ1) is 11.7. The number of hydrogen-bond donors (Lipinski definition) is 1. The van der Waals surface area contributed by atoms with Gasteiger partial charge in [-0.25, -0.2) is 4.98 Å². The maximum atomic E-state index is 9.50. The molecule has 0 aliphatic carbocycles. The third-order valence-corrected chi connectivity index (χ3v) is 3.68. The second-order valence-corrected chi connectivity index (χ2v) is 5.95. The molecule has 0 saturated carbocycles. The molecular weight excluding hydrogens is 294 g/mol. The number of benzene rings is 2. The predicted octanol–water partition coefficient (Wildman–Crippen LogP) is 4.60. The molecule has 3 rings (SSSR count). The van der Waals surface area contributed by atoms with Gasteiger partial charge in [-0.2, -0.15) is 5.26 Å². The van der Waals surface area contributed by atoms with Crippen molar-refractivity contribution < 1.29 is 0 Å². The SMILES string of the molecule is CC(C)N/C(=C\c1nc2ccccc2cc1C#N)c1ccccc1. The molecule has 0 aliphatic rings. The van der Waals surface area contributed by atoms with E-state index in [1.165, 1.54) is 0 Å². The normalized spacial score (nSPS) is 11.5. The minimum Gasteiger partial charge on any atom is -0.382 e. The van der Waals surface area contributed by atoms with E-state index in [1.54, 1.807) is 0 Å². The lowest BCUT2D eigenvalue weighted by molar-refractivity contribution is 0.719. The Kier molecular flexibility index (Phi) is 4.58. The number of nitrogens with one attached hydrogen (secondary N) is 1. The van der Waals surface area contributed by atoms with Crippen LogP contribution in [0.1, 0.15) is 30.7 Å². The quantitative estimate of drug-likeness (QED) is 0.765. The minimum atomic E-state index is 0.280. The average molecular weight is 313 g/mol. The number of nitrogens with zero attached hydrogens (tertiary/aromatic N) is 2. The summed E-state index contributed by atoms with van der Waals surface area (Å²) in [4.78, 5) is 4.68. The van der Waals surface area contributed by atoms with Crippen LogP contribution in [0.25, 0.3) is 22.7 Å². The van der Waals surface area contributed by atoms with Crippen molar-refractivity contribution in [3.05, 3.63) is 77.5 Å². The van der Waals surface area contributed by atoms with Crippen molar-refractivity contribution in [2.75, 3.05) is 0 Å².